The topological polar surface area (TPSA) is 353 Å². The second-order valence-corrected chi connectivity index (χ2v) is 9.84. The number of aromatic nitrogens is 2. The van der Waals surface area contributed by atoms with Crippen LogP contribution in [0.25, 0.3) is 0 Å². The number of aryl methyl sites for hydroxylation is 1. The standard InChI is InChI=1S/C22H16O12.C6H8ClN7O.ClH/c1-8-5-12(24)10(6-23)19-15(8)22(31)34-20-11(7-32-14(27)4-3-13(25)26)17(28)16(21(29)30)9(2)18(20)33-19;7-2-4(9)13-3(8)1(12-2)5(15)14-6(10)11;/h3-6,24,28H,7H2,1-2H3,(H,25,26)(H,29,30);(H4,8,9,13)(H4,10,11,14,15);1H. The maximum Gasteiger partial charge on any atom is 0.347 e. The second-order valence-electron chi connectivity index (χ2n) is 9.48. The van der Waals surface area contributed by atoms with Crippen LogP contribution in [0.4, 0.5) is 11.6 Å². The number of anilines is 2. The number of carbonyl (C=O) groups excluding carboxylic acids is 4. The molecule has 0 bridgehead atoms. The van der Waals surface area contributed by atoms with Gasteiger partial charge in [-0.05, 0) is 25.5 Å². The van der Waals surface area contributed by atoms with Crippen molar-refractivity contribution in [3.8, 4) is 28.7 Å². The van der Waals surface area contributed by atoms with Crippen LogP contribution < -0.4 is 32.4 Å². The summed E-state index contributed by atoms with van der Waals surface area (Å²) in [6, 6.07) is 1.13. The summed E-state index contributed by atoms with van der Waals surface area (Å²) in [5.41, 5.74) is 18.7. The normalized spacial score (nSPS) is 11.1. The average molecular weight is 738 g/mol. The number of fused-ring (bicyclic) bond motifs is 2. The lowest BCUT2D eigenvalue weighted by molar-refractivity contribution is -0.139. The molecule has 0 saturated heterocycles. The first kappa shape index (κ1) is 39.5. The molecule has 2 aromatic carbocycles. The summed E-state index contributed by atoms with van der Waals surface area (Å²) in [5, 5.41) is 38.8. The molecule has 2 heterocycles. The number of nitrogens with two attached hydrogens (primary N) is 4. The maximum atomic E-state index is 12.9. The molecule has 12 N–H and O–H groups in total. The summed E-state index contributed by atoms with van der Waals surface area (Å²) in [4.78, 5) is 80.4. The number of halogens is 2. The van der Waals surface area contributed by atoms with Gasteiger partial charge in [0.25, 0.3) is 0 Å². The Morgan fingerprint density at radius 3 is 2.20 bits per heavy atom. The molecular formula is C28H25Cl2N7O13. The van der Waals surface area contributed by atoms with Crippen molar-refractivity contribution in [2.24, 2.45) is 16.5 Å². The number of aliphatic imine (C=N–C) groups is 1. The molecule has 0 spiro atoms. The largest absolute Gasteiger partial charge is 0.507 e. The van der Waals surface area contributed by atoms with Crippen molar-refractivity contribution in [2.45, 2.75) is 20.5 Å². The number of nitrogens with zero attached hydrogens (tertiary/aromatic N) is 3. The van der Waals surface area contributed by atoms with E-state index in [4.69, 9.17) is 53.9 Å². The number of rotatable bonds is 7. The zero-order valence-electron chi connectivity index (χ0n) is 25.4. The fourth-order valence-electron chi connectivity index (χ4n) is 4.09. The number of phenolic OH excluding ortho intramolecular Hbond substituents is 1. The van der Waals surface area contributed by atoms with Gasteiger partial charge in [0.15, 0.2) is 52.0 Å². The highest BCUT2D eigenvalue weighted by molar-refractivity contribution is 6.31. The minimum absolute atomic E-state index is 0. The first-order chi connectivity index (χ1) is 22.9. The molecule has 0 saturated carbocycles. The van der Waals surface area contributed by atoms with E-state index in [9.17, 15) is 44.1 Å². The molecule has 4 rings (SSSR count). The Balaban J connectivity index is 0.000000455. The van der Waals surface area contributed by atoms with Gasteiger partial charge in [-0.1, -0.05) is 11.6 Å². The molecule has 0 fully saturated rings. The minimum atomic E-state index is -1.60. The number of carbonyl (C=O) groups is 6. The number of amides is 1. The van der Waals surface area contributed by atoms with Crippen LogP contribution in [-0.2, 0) is 20.9 Å². The molecule has 0 unspecified atom stereocenters. The number of guanidine groups is 1. The van der Waals surface area contributed by atoms with Gasteiger partial charge in [-0.25, -0.2) is 29.1 Å². The van der Waals surface area contributed by atoms with Crippen LogP contribution in [0.15, 0.2) is 23.2 Å². The molecule has 264 valence electrons. The quantitative estimate of drug-likeness (QED) is 0.0423. The van der Waals surface area contributed by atoms with E-state index in [2.05, 4.69) is 15.0 Å². The van der Waals surface area contributed by atoms with Gasteiger partial charge in [0.2, 0.25) is 0 Å². The Labute approximate surface area is 290 Å². The molecule has 1 aliphatic heterocycles. The van der Waals surface area contributed by atoms with E-state index < -0.39 is 82.0 Å². The molecular weight excluding hydrogens is 713 g/mol. The Morgan fingerprint density at radius 2 is 1.64 bits per heavy atom. The van der Waals surface area contributed by atoms with Crippen LogP contribution in [-0.4, -0.2) is 72.4 Å². The van der Waals surface area contributed by atoms with E-state index in [0.717, 1.165) is 6.07 Å². The summed E-state index contributed by atoms with van der Waals surface area (Å²) in [6.45, 7) is 1.83. The Kier molecular flexibility index (Phi) is 12.6. The van der Waals surface area contributed by atoms with Gasteiger partial charge in [-0.15, -0.1) is 12.4 Å². The van der Waals surface area contributed by atoms with E-state index in [1.54, 1.807) is 0 Å². The number of carboxylic acids is 2. The predicted octanol–water partition coefficient (Wildman–Crippen LogP) is 1.36. The average Bonchev–Trinajstić information content (AvgIpc) is 3.14. The van der Waals surface area contributed by atoms with Crippen molar-refractivity contribution in [2.75, 3.05) is 11.5 Å². The second kappa shape index (κ2) is 16.0. The fourth-order valence-corrected chi connectivity index (χ4v) is 4.21. The van der Waals surface area contributed by atoms with Gasteiger partial charge >= 0.3 is 29.8 Å². The van der Waals surface area contributed by atoms with Gasteiger partial charge in [0, 0.05) is 17.7 Å². The number of hydrogen-bond donors (Lipinski definition) is 8. The van der Waals surface area contributed by atoms with E-state index in [1.165, 1.54) is 13.8 Å². The van der Waals surface area contributed by atoms with E-state index >= 15 is 0 Å². The number of aromatic carboxylic acids is 1. The zero-order chi connectivity index (χ0) is 36.9. The third-order valence-corrected chi connectivity index (χ3v) is 6.49. The molecule has 50 heavy (non-hydrogen) atoms. The van der Waals surface area contributed by atoms with Gasteiger partial charge in [0.1, 0.15) is 29.2 Å². The molecule has 1 aliphatic rings. The van der Waals surface area contributed by atoms with Gasteiger partial charge in [-0.3, -0.25) is 9.59 Å². The number of aliphatic carboxylic acids is 1. The number of phenols is 2. The number of aromatic hydroxyl groups is 2. The summed E-state index contributed by atoms with van der Waals surface area (Å²) >= 11 is 5.55. The van der Waals surface area contributed by atoms with Crippen LogP contribution in [0.5, 0.6) is 28.7 Å². The van der Waals surface area contributed by atoms with Crippen LogP contribution in [0.1, 0.15) is 58.3 Å². The summed E-state index contributed by atoms with van der Waals surface area (Å²) in [6.07, 6.45) is 1.30. The highest BCUT2D eigenvalue weighted by Gasteiger charge is 2.36. The SMILES string of the molecule is Cc1cc(O)c(C=O)c2c1C(=O)Oc1c(COC(=O)C=CC(=O)O)c(O)c(C(=O)O)c(C)c1O2.Cl.NC(N)=NC(=O)c1nc(Cl)c(N)nc1N. The third kappa shape index (κ3) is 8.42. The van der Waals surface area contributed by atoms with Gasteiger partial charge < -0.3 is 57.6 Å². The number of benzene rings is 2. The number of hydrogen-bond acceptors (Lipinski definition) is 15. The van der Waals surface area contributed by atoms with Gasteiger partial charge in [-0.2, -0.15) is 4.99 Å². The number of aldehydes is 1. The molecule has 20 nitrogen and oxygen atoms in total. The summed E-state index contributed by atoms with van der Waals surface area (Å²) < 4.78 is 15.9. The Morgan fingerprint density at radius 1 is 1.00 bits per heavy atom. The van der Waals surface area contributed by atoms with Crippen molar-refractivity contribution >= 4 is 77.7 Å². The lowest BCUT2D eigenvalue weighted by Crippen LogP contribution is -2.24. The van der Waals surface area contributed by atoms with Crippen LogP contribution >= 0.6 is 24.0 Å². The Hall–Kier alpha value is -6.67. The monoisotopic (exact) mass is 737 g/mol. The van der Waals surface area contributed by atoms with Crippen LogP contribution in [0.2, 0.25) is 5.15 Å². The number of ether oxygens (including phenoxy) is 3. The molecule has 3 aromatic rings. The maximum absolute atomic E-state index is 12.9. The highest BCUT2D eigenvalue weighted by Crippen LogP contribution is 2.50. The fraction of sp³-hybridized carbons (Fsp3) is 0.107. The summed E-state index contributed by atoms with van der Waals surface area (Å²) in [5.74, 6) is -9.41. The lowest BCUT2D eigenvalue weighted by atomic mass is 10.0. The van der Waals surface area contributed by atoms with Crippen LogP contribution in [0, 0.1) is 13.8 Å². The molecule has 0 atom stereocenters. The molecule has 22 heteroatoms. The Bertz CT molecular complexity index is 2010. The van der Waals surface area contributed by atoms with E-state index in [0.29, 0.717) is 12.2 Å². The predicted molar refractivity (Wildman–Crippen MR) is 173 cm³/mol. The first-order valence-corrected chi connectivity index (χ1v) is 13.4. The number of carboxylic acid groups (broad SMARTS) is 2. The van der Waals surface area contributed by atoms with Crippen molar-refractivity contribution in [1.29, 1.82) is 0 Å². The minimum Gasteiger partial charge on any atom is -0.507 e. The molecule has 0 radical (unpaired) electrons. The van der Waals surface area contributed by atoms with Crippen molar-refractivity contribution < 1.29 is 63.4 Å². The zero-order valence-corrected chi connectivity index (χ0v) is 27.0. The molecule has 1 amide bonds. The third-order valence-electron chi connectivity index (χ3n) is 6.21. The highest BCUT2D eigenvalue weighted by atomic mass is 35.5. The van der Waals surface area contributed by atoms with Gasteiger partial charge in [0.05, 0.1) is 11.1 Å². The number of esters is 2. The van der Waals surface area contributed by atoms with Crippen LogP contribution in [0.3, 0.4) is 0 Å². The summed E-state index contributed by atoms with van der Waals surface area (Å²) in [7, 11) is 0. The molecule has 0 aliphatic carbocycles. The number of nitrogen functional groups attached to an aromatic ring is 2. The van der Waals surface area contributed by atoms with E-state index in [-0.39, 0.29) is 63.6 Å². The van der Waals surface area contributed by atoms with Crippen molar-refractivity contribution in [1.82, 2.24) is 9.97 Å². The van der Waals surface area contributed by atoms with Crippen molar-refractivity contribution in [3.05, 3.63) is 62.4 Å². The van der Waals surface area contributed by atoms with E-state index in [1.807, 2.05) is 0 Å². The van der Waals surface area contributed by atoms with Crippen molar-refractivity contribution in [3.63, 3.8) is 0 Å². The first-order valence-electron chi connectivity index (χ1n) is 13.0. The smallest absolute Gasteiger partial charge is 0.347 e. The molecule has 1 aromatic heterocycles. The lowest BCUT2D eigenvalue weighted by Gasteiger charge is -2.18.